The van der Waals surface area contributed by atoms with E-state index in [-0.39, 0.29) is 6.61 Å². The zero-order chi connectivity index (χ0) is 10.8. The Morgan fingerprint density at radius 3 is 2.93 bits per heavy atom. The summed E-state index contributed by atoms with van der Waals surface area (Å²) < 4.78 is 0. The third kappa shape index (κ3) is 2.17. The number of thiazole rings is 1. The molecule has 0 saturated carbocycles. The lowest BCUT2D eigenvalue weighted by Gasteiger charge is -1.95. The zero-order valence-corrected chi connectivity index (χ0v) is 9.64. The first-order chi connectivity index (χ1) is 7.20. The Bertz CT molecular complexity index is 484. The molecule has 1 N–H and O–H groups in total. The van der Waals surface area contributed by atoms with E-state index >= 15 is 0 Å². The first-order valence-corrected chi connectivity index (χ1v) is 5.59. The normalized spacial score (nSPS) is 10.6. The summed E-state index contributed by atoms with van der Waals surface area (Å²) in [4.78, 5) is 9.26. The number of aliphatic hydroxyl groups excluding tert-OH is 1. The SMILES string of the molecule is Cc1sc(-c2ccnc(Cl)c2)nc1CO. The van der Waals surface area contributed by atoms with Crippen LogP contribution in [0.2, 0.25) is 5.15 Å². The fourth-order valence-corrected chi connectivity index (χ4v) is 2.33. The van der Waals surface area contributed by atoms with E-state index in [0.717, 1.165) is 21.1 Å². The molecule has 0 unspecified atom stereocenters. The zero-order valence-electron chi connectivity index (χ0n) is 8.07. The van der Waals surface area contributed by atoms with Crippen LogP contribution in [0.1, 0.15) is 10.6 Å². The van der Waals surface area contributed by atoms with Gasteiger partial charge in [-0.3, -0.25) is 0 Å². The molecule has 0 spiro atoms. The quantitative estimate of drug-likeness (QED) is 0.821. The summed E-state index contributed by atoms with van der Waals surface area (Å²) in [5, 5.41) is 10.4. The lowest BCUT2D eigenvalue weighted by atomic mass is 10.3. The summed E-state index contributed by atoms with van der Waals surface area (Å²) in [7, 11) is 0. The van der Waals surface area contributed by atoms with Crippen molar-refractivity contribution < 1.29 is 5.11 Å². The molecule has 15 heavy (non-hydrogen) atoms. The van der Waals surface area contributed by atoms with Crippen LogP contribution in [-0.2, 0) is 6.61 Å². The second-order valence-electron chi connectivity index (χ2n) is 3.05. The van der Waals surface area contributed by atoms with E-state index < -0.39 is 0 Å². The van der Waals surface area contributed by atoms with Crippen LogP contribution in [0.25, 0.3) is 10.6 Å². The molecule has 0 aliphatic carbocycles. The number of hydrogen-bond acceptors (Lipinski definition) is 4. The summed E-state index contributed by atoms with van der Waals surface area (Å²) >= 11 is 7.33. The van der Waals surface area contributed by atoms with Crippen molar-refractivity contribution in [2.45, 2.75) is 13.5 Å². The molecule has 0 atom stereocenters. The highest BCUT2D eigenvalue weighted by Crippen LogP contribution is 2.28. The molecule has 2 rings (SSSR count). The molecule has 0 amide bonds. The Morgan fingerprint density at radius 2 is 2.33 bits per heavy atom. The largest absolute Gasteiger partial charge is 0.390 e. The molecule has 0 aliphatic rings. The van der Waals surface area contributed by atoms with Crippen molar-refractivity contribution in [1.82, 2.24) is 9.97 Å². The number of hydrogen-bond donors (Lipinski definition) is 1. The maximum Gasteiger partial charge on any atom is 0.129 e. The summed E-state index contributed by atoms with van der Waals surface area (Å²) in [6.45, 7) is 1.91. The van der Waals surface area contributed by atoms with Crippen LogP contribution in [0.4, 0.5) is 0 Å². The molecular weight excluding hydrogens is 232 g/mol. The van der Waals surface area contributed by atoms with Crippen LogP contribution >= 0.6 is 22.9 Å². The fraction of sp³-hybridized carbons (Fsp3) is 0.200. The first kappa shape index (κ1) is 10.5. The van der Waals surface area contributed by atoms with Gasteiger partial charge in [0.25, 0.3) is 0 Å². The molecule has 2 aromatic heterocycles. The van der Waals surface area contributed by atoms with E-state index in [9.17, 15) is 0 Å². The van der Waals surface area contributed by atoms with Crippen LogP contribution in [0, 0.1) is 6.92 Å². The van der Waals surface area contributed by atoms with E-state index in [2.05, 4.69) is 9.97 Å². The molecule has 0 saturated heterocycles. The predicted octanol–water partition coefficient (Wildman–Crippen LogP) is 2.66. The highest BCUT2D eigenvalue weighted by Gasteiger charge is 2.08. The molecule has 2 heterocycles. The van der Waals surface area contributed by atoms with Crippen molar-refractivity contribution in [3.63, 3.8) is 0 Å². The molecule has 78 valence electrons. The number of aryl methyl sites for hydroxylation is 1. The number of halogens is 1. The van der Waals surface area contributed by atoms with Crippen molar-refractivity contribution in [2.24, 2.45) is 0 Å². The highest BCUT2D eigenvalue weighted by atomic mass is 35.5. The van der Waals surface area contributed by atoms with Crippen molar-refractivity contribution in [3.8, 4) is 10.6 Å². The van der Waals surface area contributed by atoms with Gasteiger partial charge in [-0.15, -0.1) is 11.3 Å². The summed E-state index contributed by atoms with van der Waals surface area (Å²) in [6.07, 6.45) is 1.65. The minimum Gasteiger partial charge on any atom is -0.390 e. The second-order valence-corrected chi connectivity index (χ2v) is 4.64. The Kier molecular flexibility index (Phi) is 3.00. The van der Waals surface area contributed by atoms with Crippen LogP contribution in [0.5, 0.6) is 0 Å². The third-order valence-corrected chi connectivity index (χ3v) is 3.28. The predicted molar refractivity (Wildman–Crippen MR) is 61.0 cm³/mol. The monoisotopic (exact) mass is 240 g/mol. The van der Waals surface area contributed by atoms with Gasteiger partial charge < -0.3 is 5.11 Å². The van der Waals surface area contributed by atoms with Gasteiger partial charge in [0.05, 0.1) is 12.3 Å². The maximum absolute atomic E-state index is 9.04. The maximum atomic E-state index is 9.04. The molecule has 0 radical (unpaired) electrons. The Morgan fingerprint density at radius 1 is 1.53 bits per heavy atom. The lowest BCUT2D eigenvalue weighted by molar-refractivity contribution is 0.277. The second kappa shape index (κ2) is 4.26. The molecule has 0 bridgehead atoms. The Hall–Kier alpha value is -0.970. The minimum atomic E-state index is -0.0266. The van der Waals surface area contributed by atoms with Gasteiger partial charge in [-0.2, -0.15) is 0 Å². The summed E-state index contributed by atoms with van der Waals surface area (Å²) in [5.74, 6) is 0. The van der Waals surface area contributed by atoms with Gasteiger partial charge in [0.15, 0.2) is 0 Å². The number of pyridine rings is 1. The van der Waals surface area contributed by atoms with Crippen molar-refractivity contribution in [3.05, 3.63) is 34.1 Å². The van der Waals surface area contributed by atoms with Crippen LogP contribution < -0.4 is 0 Å². The fourth-order valence-electron chi connectivity index (χ4n) is 1.23. The van der Waals surface area contributed by atoms with E-state index in [1.165, 1.54) is 0 Å². The number of rotatable bonds is 2. The Balaban J connectivity index is 2.45. The molecule has 0 aromatic carbocycles. The van der Waals surface area contributed by atoms with Gasteiger partial charge in [0.2, 0.25) is 0 Å². The Labute approximate surface area is 96.4 Å². The van der Waals surface area contributed by atoms with Crippen molar-refractivity contribution in [1.29, 1.82) is 0 Å². The molecule has 5 heteroatoms. The van der Waals surface area contributed by atoms with Crippen molar-refractivity contribution in [2.75, 3.05) is 0 Å². The summed E-state index contributed by atoms with van der Waals surface area (Å²) in [6, 6.07) is 3.62. The average molecular weight is 241 g/mol. The lowest BCUT2D eigenvalue weighted by Crippen LogP contribution is -1.85. The van der Waals surface area contributed by atoms with Crippen LogP contribution in [-0.4, -0.2) is 15.1 Å². The van der Waals surface area contributed by atoms with Gasteiger partial charge in [-0.25, -0.2) is 9.97 Å². The molecule has 3 nitrogen and oxygen atoms in total. The van der Waals surface area contributed by atoms with Crippen molar-refractivity contribution >= 4 is 22.9 Å². The van der Waals surface area contributed by atoms with Crippen LogP contribution in [0.3, 0.4) is 0 Å². The van der Waals surface area contributed by atoms with Gasteiger partial charge in [0, 0.05) is 16.6 Å². The number of aliphatic hydroxyl groups is 1. The topological polar surface area (TPSA) is 46.0 Å². The average Bonchev–Trinajstić information content (AvgIpc) is 2.60. The van der Waals surface area contributed by atoms with Gasteiger partial charge in [-0.1, -0.05) is 11.6 Å². The third-order valence-electron chi connectivity index (χ3n) is 2.02. The molecule has 0 fully saturated rings. The van der Waals surface area contributed by atoms with Gasteiger partial charge in [-0.05, 0) is 19.1 Å². The standard InChI is InChI=1S/C10H9ClN2OS/c1-6-8(5-14)13-10(15-6)7-2-3-12-9(11)4-7/h2-4,14H,5H2,1H3. The van der Waals surface area contributed by atoms with E-state index in [1.54, 1.807) is 23.6 Å². The smallest absolute Gasteiger partial charge is 0.129 e. The first-order valence-electron chi connectivity index (χ1n) is 4.40. The molecule has 2 aromatic rings. The number of aromatic nitrogens is 2. The number of nitrogens with zero attached hydrogens (tertiary/aromatic N) is 2. The van der Waals surface area contributed by atoms with Gasteiger partial charge >= 0.3 is 0 Å². The van der Waals surface area contributed by atoms with E-state index in [4.69, 9.17) is 16.7 Å². The molecular formula is C10H9ClN2OS. The molecule has 0 aliphatic heterocycles. The van der Waals surface area contributed by atoms with Crippen LogP contribution in [0.15, 0.2) is 18.3 Å². The highest BCUT2D eigenvalue weighted by molar-refractivity contribution is 7.15. The minimum absolute atomic E-state index is 0.0266. The summed E-state index contributed by atoms with van der Waals surface area (Å²) in [5.41, 5.74) is 1.66. The van der Waals surface area contributed by atoms with E-state index in [1.807, 2.05) is 13.0 Å². The van der Waals surface area contributed by atoms with E-state index in [0.29, 0.717) is 5.15 Å². The van der Waals surface area contributed by atoms with Gasteiger partial charge in [0.1, 0.15) is 10.2 Å².